The van der Waals surface area contributed by atoms with Crippen LogP contribution in [0.3, 0.4) is 0 Å². The lowest BCUT2D eigenvalue weighted by Gasteiger charge is -2.16. The highest BCUT2D eigenvalue weighted by molar-refractivity contribution is 8.00. The molecule has 2 aromatic rings. The van der Waals surface area contributed by atoms with Gasteiger partial charge in [-0.25, -0.2) is 4.79 Å². The highest BCUT2D eigenvalue weighted by Crippen LogP contribution is 2.46. The molecule has 7 heteroatoms. The lowest BCUT2D eigenvalue weighted by Crippen LogP contribution is -2.35. The van der Waals surface area contributed by atoms with Gasteiger partial charge in [0.1, 0.15) is 6.33 Å². The van der Waals surface area contributed by atoms with Gasteiger partial charge in [0.2, 0.25) is 0 Å². The number of carbonyl (C=O) groups is 1. The van der Waals surface area contributed by atoms with Crippen LogP contribution >= 0.6 is 11.8 Å². The summed E-state index contributed by atoms with van der Waals surface area (Å²) < 4.78 is 2.24. The topological polar surface area (TPSA) is 71.8 Å². The fourth-order valence-electron chi connectivity index (χ4n) is 2.60. The summed E-state index contributed by atoms with van der Waals surface area (Å²) in [5.41, 5.74) is 1.60. The van der Waals surface area contributed by atoms with Crippen LogP contribution in [0.15, 0.2) is 30.6 Å². The third kappa shape index (κ3) is 3.56. The van der Waals surface area contributed by atoms with Crippen LogP contribution in [0.1, 0.15) is 32.7 Å². The molecule has 1 aliphatic carbocycles. The molecule has 24 heavy (non-hydrogen) atoms. The Bertz CT molecular complexity index is 723. The van der Waals surface area contributed by atoms with Gasteiger partial charge in [-0.05, 0) is 45.1 Å². The van der Waals surface area contributed by atoms with Gasteiger partial charge >= 0.3 is 6.03 Å². The van der Waals surface area contributed by atoms with Crippen LogP contribution in [0.25, 0.3) is 11.4 Å². The molecule has 1 aromatic heterocycles. The molecule has 3 rings (SSSR count). The number of hydrogen-bond donors (Lipinski definition) is 2. The Morgan fingerprint density at radius 1 is 1.38 bits per heavy atom. The Kier molecular flexibility index (Phi) is 4.80. The molecule has 0 unspecified atom stereocenters. The fourth-order valence-corrected chi connectivity index (χ4v) is 3.33. The Morgan fingerprint density at radius 3 is 2.79 bits per heavy atom. The van der Waals surface area contributed by atoms with Crippen molar-refractivity contribution in [2.45, 2.75) is 37.5 Å². The van der Waals surface area contributed by atoms with Crippen molar-refractivity contribution in [3.05, 3.63) is 30.6 Å². The number of carbonyl (C=O) groups excluding carboxylic acids is 1. The van der Waals surface area contributed by atoms with Gasteiger partial charge in [-0.1, -0.05) is 12.1 Å². The summed E-state index contributed by atoms with van der Waals surface area (Å²) in [5.74, 6) is 0.753. The van der Waals surface area contributed by atoms with Gasteiger partial charge in [-0.2, -0.15) is 11.8 Å². The van der Waals surface area contributed by atoms with E-state index in [9.17, 15) is 4.79 Å². The van der Waals surface area contributed by atoms with E-state index in [-0.39, 0.29) is 16.8 Å². The molecule has 0 saturated heterocycles. The lowest BCUT2D eigenvalue weighted by molar-refractivity contribution is 0.252. The Balaban J connectivity index is 1.74. The Hall–Kier alpha value is -2.02. The van der Waals surface area contributed by atoms with Crippen LogP contribution < -0.4 is 10.6 Å². The SMILES string of the molecule is CSC1(CNC(=O)Nc2ccccc2-c2nncn2C(C)C)CC1. The number of rotatable bonds is 6. The van der Waals surface area contributed by atoms with E-state index >= 15 is 0 Å². The Labute approximate surface area is 146 Å². The van der Waals surface area contributed by atoms with E-state index in [0.717, 1.165) is 17.1 Å². The molecule has 0 aliphatic heterocycles. The van der Waals surface area contributed by atoms with Gasteiger partial charge in [0.15, 0.2) is 5.82 Å². The second-order valence-electron chi connectivity index (χ2n) is 6.40. The maximum atomic E-state index is 12.3. The number of thioether (sulfide) groups is 1. The summed E-state index contributed by atoms with van der Waals surface area (Å²) in [4.78, 5) is 12.3. The van der Waals surface area contributed by atoms with Gasteiger partial charge in [0.25, 0.3) is 0 Å². The van der Waals surface area contributed by atoms with E-state index in [4.69, 9.17) is 0 Å². The maximum absolute atomic E-state index is 12.3. The summed E-state index contributed by atoms with van der Waals surface area (Å²) >= 11 is 1.83. The zero-order valence-electron chi connectivity index (χ0n) is 14.2. The van der Waals surface area contributed by atoms with E-state index in [0.29, 0.717) is 6.54 Å². The summed E-state index contributed by atoms with van der Waals surface area (Å²) in [6.07, 6.45) is 6.15. The molecule has 128 valence electrons. The van der Waals surface area contributed by atoms with Crippen molar-refractivity contribution in [2.24, 2.45) is 0 Å². The van der Waals surface area contributed by atoms with Crippen LogP contribution in [0.5, 0.6) is 0 Å². The molecular formula is C17H23N5OS. The maximum Gasteiger partial charge on any atom is 0.319 e. The highest BCUT2D eigenvalue weighted by atomic mass is 32.2. The van der Waals surface area contributed by atoms with Gasteiger partial charge in [0.05, 0.1) is 5.69 Å². The van der Waals surface area contributed by atoms with Crippen LogP contribution in [0.4, 0.5) is 10.5 Å². The molecule has 1 saturated carbocycles. The number of aromatic nitrogens is 3. The van der Waals surface area contributed by atoms with Crippen LogP contribution in [-0.4, -0.2) is 38.3 Å². The van der Waals surface area contributed by atoms with Crippen LogP contribution in [-0.2, 0) is 0 Å². The van der Waals surface area contributed by atoms with Crippen LogP contribution in [0.2, 0.25) is 0 Å². The number of amides is 2. The number of anilines is 1. The molecule has 0 radical (unpaired) electrons. The van der Waals surface area contributed by atoms with E-state index in [1.807, 2.05) is 40.6 Å². The minimum atomic E-state index is -0.182. The average molecular weight is 345 g/mol. The summed E-state index contributed by atoms with van der Waals surface area (Å²) in [5, 5.41) is 14.2. The van der Waals surface area contributed by atoms with E-state index in [1.54, 1.807) is 6.33 Å². The van der Waals surface area contributed by atoms with Crippen molar-refractivity contribution < 1.29 is 4.79 Å². The molecule has 2 N–H and O–H groups in total. The minimum absolute atomic E-state index is 0.182. The van der Waals surface area contributed by atoms with Crippen molar-refractivity contribution in [2.75, 3.05) is 18.1 Å². The number of nitrogens with one attached hydrogen (secondary N) is 2. The number of para-hydroxylation sites is 1. The number of benzene rings is 1. The molecule has 0 atom stereocenters. The first kappa shape index (κ1) is 16.8. The molecule has 0 spiro atoms. The first-order valence-corrected chi connectivity index (χ1v) is 9.36. The van der Waals surface area contributed by atoms with Crippen molar-refractivity contribution in [1.29, 1.82) is 0 Å². The predicted molar refractivity (Wildman–Crippen MR) is 98.3 cm³/mol. The lowest BCUT2D eigenvalue weighted by atomic mass is 10.1. The third-order valence-corrected chi connectivity index (χ3v) is 5.78. The quantitative estimate of drug-likeness (QED) is 0.840. The smallest absolute Gasteiger partial charge is 0.319 e. The minimum Gasteiger partial charge on any atom is -0.336 e. The summed E-state index contributed by atoms with van der Waals surface area (Å²) in [6, 6.07) is 7.73. The molecule has 1 aromatic carbocycles. The van der Waals surface area contributed by atoms with Gasteiger partial charge < -0.3 is 15.2 Å². The Morgan fingerprint density at radius 2 is 2.12 bits per heavy atom. The monoisotopic (exact) mass is 345 g/mol. The number of urea groups is 1. The summed E-state index contributed by atoms with van der Waals surface area (Å²) in [6.45, 7) is 4.85. The molecule has 1 heterocycles. The van der Waals surface area contributed by atoms with Crippen molar-refractivity contribution >= 4 is 23.5 Å². The van der Waals surface area contributed by atoms with E-state index in [2.05, 4.69) is 40.9 Å². The van der Waals surface area contributed by atoms with Crippen molar-refractivity contribution in [3.63, 3.8) is 0 Å². The first-order chi connectivity index (χ1) is 11.5. The predicted octanol–water partition coefficient (Wildman–Crippen LogP) is 3.54. The second-order valence-corrected chi connectivity index (χ2v) is 7.67. The molecule has 1 aliphatic rings. The van der Waals surface area contributed by atoms with Crippen molar-refractivity contribution in [3.8, 4) is 11.4 Å². The molecule has 2 amide bonds. The number of nitrogens with zero attached hydrogens (tertiary/aromatic N) is 3. The number of hydrogen-bond acceptors (Lipinski definition) is 4. The van der Waals surface area contributed by atoms with Crippen LogP contribution in [0, 0.1) is 0 Å². The van der Waals surface area contributed by atoms with E-state index in [1.165, 1.54) is 12.8 Å². The zero-order valence-corrected chi connectivity index (χ0v) is 15.1. The summed E-state index contributed by atoms with van der Waals surface area (Å²) in [7, 11) is 0. The second kappa shape index (κ2) is 6.84. The fraction of sp³-hybridized carbons (Fsp3) is 0.471. The third-order valence-electron chi connectivity index (χ3n) is 4.36. The first-order valence-electron chi connectivity index (χ1n) is 8.13. The van der Waals surface area contributed by atoms with Gasteiger partial charge in [-0.15, -0.1) is 10.2 Å². The highest BCUT2D eigenvalue weighted by Gasteiger charge is 2.41. The zero-order chi connectivity index (χ0) is 17.2. The van der Waals surface area contributed by atoms with Gasteiger partial charge in [-0.3, -0.25) is 0 Å². The van der Waals surface area contributed by atoms with Gasteiger partial charge in [0, 0.05) is 22.9 Å². The molecule has 0 bridgehead atoms. The normalized spacial score (nSPS) is 15.3. The molecule has 1 fully saturated rings. The van der Waals surface area contributed by atoms with E-state index < -0.39 is 0 Å². The standard InChI is InChI=1S/C17H23N5OS/c1-12(2)22-11-19-21-15(22)13-6-4-5-7-14(13)20-16(23)18-10-17(24-3)8-9-17/h4-7,11-12H,8-10H2,1-3H3,(H2,18,20,23). The van der Waals surface area contributed by atoms with Crippen molar-refractivity contribution in [1.82, 2.24) is 20.1 Å². The largest absolute Gasteiger partial charge is 0.336 e. The average Bonchev–Trinajstić information content (AvgIpc) is 3.19. The molecular weight excluding hydrogens is 322 g/mol. The molecule has 6 nitrogen and oxygen atoms in total.